The molecule has 0 aliphatic heterocycles. The highest BCUT2D eigenvalue weighted by Crippen LogP contribution is 2.25. The van der Waals surface area contributed by atoms with Crippen LogP contribution in [-0.4, -0.2) is 40.1 Å². The van der Waals surface area contributed by atoms with Gasteiger partial charge in [-0.25, -0.2) is 29.9 Å². The molecule has 0 aromatic carbocycles. The maximum atomic E-state index is 4.78. The monoisotopic (exact) mass is 490 g/mol. The molecule has 0 radical (unpaired) electrons. The lowest BCUT2D eigenvalue weighted by Gasteiger charge is -2.06. The van der Waals surface area contributed by atoms with Crippen molar-refractivity contribution in [3.63, 3.8) is 0 Å². The van der Waals surface area contributed by atoms with Gasteiger partial charge in [0.25, 0.3) is 0 Å². The van der Waals surface area contributed by atoms with Gasteiger partial charge in [0.05, 0.1) is 34.2 Å². The Morgan fingerprint density at radius 1 is 0.316 bits per heavy atom. The maximum absolute atomic E-state index is 4.78. The second kappa shape index (κ2) is 9.18. The van der Waals surface area contributed by atoms with Crippen LogP contribution in [0.15, 0.2) is 109 Å². The highest BCUT2D eigenvalue weighted by Gasteiger charge is 2.10. The van der Waals surface area contributed by atoms with Crippen molar-refractivity contribution < 1.29 is 0 Å². The molecular weight excluding hydrogens is 472 g/mol. The highest BCUT2D eigenvalue weighted by molar-refractivity contribution is 5.78. The summed E-state index contributed by atoms with van der Waals surface area (Å²) < 4.78 is 0. The zero-order chi connectivity index (χ0) is 25.3. The van der Waals surface area contributed by atoms with Gasteiger partial charge in [-0.15, -0.1) is 10.2 Å². The second-order valence-electron chi connectivity index (χ2n) is 8.61. The zero-order valence-corrected chi connectivity index (χ0v) is 20.0. The molecule has 7 aromatic heterocycles. The van der Waals surface area contributed by atoms with Crippen molar-refractivity contribution in [1.29, 1.82) is 0 Å². The smallest absolute Gasteiger partial charge is 0.159 e. The predicted octanol–water partition coefficient (Wildman–Crippen LogP) is 5.82. The molecular formula is C30H18N8. The fourth-order valence-electron chi connectivity index (χ4n) is 4.24. The van der Waals surface area contributed by atoms with E-state index in [1.807, 2.05) is 97.1 Å². The third kappa shape index (κ3) is 4.10. The molecule has 0 aliphatic carbocycles. The summed E-state index contributed by atoms with van der Waals surface area (Å²) in [5, 5.41) is 10.9. The van der Waals surface area contributed by atoms with Gasteiger partial charge in [-0.1, -0.05) is 12.1 Å². The van der Waals surface area contributed by atoms with E-state index in [9.17, 15) is 0 Å². The number of hydrogen-bond donors (Lipinski definition) is 0. The largest absolute Gasteiger partial charge is 0.244 e. The Morgan fingerprint density at radius 2 is 0.711 bits per heavy atom. The molecule has 0 N–H and O–H groups in total. The van der Waals surface area contributed by atoms with Gasteiger partial charge in [-0.05, 0) is 84.9 Å². The molecule has 0 aliphatic rings. The van der Waals surface area contributed by atoms with Gasteiger partial charge in [-0.3, -0.25) is 0 Å². The van der Waals surface area contributed by atoms with Crippen LogP contribution in [0.4, 0.5) is 0 Å². The summed E-state index contributed by atoms with van der Waals surface area (Å²) in [4.78, 5) is 27.6. The third-order valence-corrected chi connectivity index (χ3v) is 6.14. The lowest BCUT2D eigenvalue weighted by molar-refractivity contribution is 1.03. The summed E-state index contributed by atoms with van der Waals surface area (Å²) in [5.74, 6) is 0. The van der Waals surface area contributed by atoms with Gasteiger partial charge in [-0.2, -0.15) is 0 Å². The van der Waals surface area contributed by atoms with E-state index >= 15 is 0 Å². The second-order valence-corrected chi connectivity index (χ2v) is 8.61. The molecule has 38 heavy (non-hydrogen) atoms. The molecule has 8 heteroatoms. The van der Waals surface area contributed by atoms with Crippen LogP contribution >= 0.6 is 0 Å². The number of fused-ring (bicyclic) bond motifs is 2. The van der Waals surface area contributed by atoms with E-state index in [2.05, 4.69) is 30.1 Å². The fraction of sp³-hybridized carbons (Fsp3) is 0. The molecule has 0 amide bonds. The van der Waals surface area contributed by atoms with E-state index in [1.165, 1.54) is 0 Å². The van der Waals surface area contributed by atoms with Crippen LogP contribution in [0.5, 0.6) is 0 Å². The first-order valence-electron chi connectivity index (χ1n) is 12.0. The van der Waals surface area contributed by atoms with Crippen LogP contribution in [0.25, 0.3) is 67.6 Å². The average Bonchev–Trinajstić information content (AvgIpc) is 3.01. The highest BCUT2D eigenvalue weighted by atomic mass is 15.1. The molecule has 0 bridgehead atoms. The van der Waals surface area contributed by atoms with Crippen LogP contribution in [-0.2, 0) is 0 Å². The Kier molecular flexibility index (Phi) is 5.26. The van der Waals surface area contributed by atoms with Crippen LogP contribution in [0.1, 0.15) is 0 Å². The summed E-state index contributed by atoms with van der Waals surface area (Å²) in [5.41, 5.74) is 7.10. The van der Waals surface area contributed by atoms with Gasteiger partial charge in [0.15, 0.2) is 11.3 Å². The van der Waals surface area contributed by atoms with Gasteiger partial charge >= 0.3 is 0 Å². The summed E-state index contributed by atoms with van der Waals surface area (Å²) in [7, 11) is 0. The van der Waals surface area contributed by atoms with Crippen molar-refractivity contribution in [2.45, 2.75) is 0 Å². The first-order chi connectivity index (χ1) is 18.8. The van der Waals surface area contributed by atoms with Crippen molar-refractivity contribution in [3.05, 3.63) is 109 Å². The average molecular weight is 491 g/mol. The van der Waals surface area contributed by atoms with Gasteiger partial charge in [0.2, 0.25) is 0 Å². The molecule has 0 spiro atoms. The Balaban J connectivity index is 1.18. The van der Waals surface area contributed by atoms with E-state index in [-0.39, 0.29) is 0 Å². The minimum atomic E-state index is 0.660. The fourth-order valence-corrected chi connectivity index (χ4v) is 4.24. The molecule has 0 atom stereocenters. The Morgan fingerprint density at radius 3 is 1.16 bits per heavy atom. The molecule has 8 nitrogen and oxygen atoms in total. The van der Waals surface area contributed by atoms with Gasteiger partial charge < -0.3 is 0 Å². The van der Waals surface area contributed by atoms with Crippen LogP contribution in [0.2, 0.25) is 0 Å². The SMILES string of the molecule is c1cc(-c2ccc(-c3cccc(-c4ccc5cccnc5n4)n3)nn2)nc(-c2ccc3cccnc3n2)c1. The number of hydrogen-bond acceptors (Lipinski definition) is 8. The van der Waals surface area contributed by atoms with Crippen molar-refractivity contribution >= 4 is 22.1 Å². The van der Waals surface area contributed by atoms with E-state index in [4.69, 9.17) is 9.97 Å². The van der Waals surface area contributed by atoms with Gasteiger partial charge in [0, 0.05) is 23.2 Å². The maximum Gasteiger partial charge on any atom is 0.159 e. The summed E-state index contributed by atoms with van der Waals surface area (Å²) >= 11 is 0. The van der Waals surface area contributed by atoms with E-state index in [0.29, 0.717) is 34.1 Å². The topological polar surface area (TPSA) is 103 Å². The van der Waals surface area contributed by atoms with E-state index in [1.54, 1.807) is 12.4 Å². The first kappa shape index (κ1) is 21.8. The molecule has 0 fully saturated rings. The summed E-state index contributed by atoms with van der Waals surface area (Å²) in [6.45, 7) is 0. The normalized spacial score (nSPS) is 11.2. The number of pyridine rings is 6. The number of rotatable bonds is 4. The molecule has 7 aromatic rings. The minimum Gasteiger partial charge on any atom is -0.244 e. The van der Waals surface area contributed by atoms with Crippen LogP contribution in [0.3, 0.4) is 0 Å². The Labute approximate surface area is 217 Å². The minimum absolute atomic E-state index is 0.660. The van der Waals surface area contributed by atoms with Crippen LogP contribution in [0, 0.1) is 0 Å². The molecule has 7 heterocycles. The quantitative estimate of drug-likeness (QED) is 0.304. The molecule has 0 saturated carbocycles. The van der Waals surface area contributed by atoms with E-state index in [0.717, 1.165) is 33.5 Å². The summed E-state index contributed by atoms with van der Waals surface area (Å²) in [6, 6.07) is 31.0. The first-order valence-corrected chi connectivity index (χ1v) is 12.0. The van der Waals surface area contributed by atoms with Crippen LogP contribution < -0.4 is 0 Å². The van der Waals surface area contributed by atoms with E-state index < -0.39 is 0 Å². The zero-order valence-electron chi connectivity index (χ0n) is 20.0. The molecule has 0 saturated heterocycles. The number of aromatic nitrogens is 8. The standard InChI is InChI=1S/C30H18N8/c1-7-21(25-13-11-19-5-3-17-31-29(19)35-25)33-23(9-1)27-15-16-28(38-37-27)24-10-2-8-22(34-24)26-14-12-20-6-4-18-32-30(20)36-26/h1-18H. The predicted molar refractivity (Wildman–Crippen MR) is 146 cm³/mol. The Bertz CT molecular complexity index is 1790. The van der Waals surface area contributed by atoms with Crippen molar-refractivity contribution in [1.82, 2.24) is 40.1 Å². The third-order valence-electron chi connectivity index (χ3n) is 6.14. The van der Waals surface area contributed by atoms with Gasteiger partial charge in [0.1, 0.15) is 11.4 Å². The lowest BCUT2D eigenvalue weighted by atomic mass is 10.1. The number of nitrogens with zero attached hydrogens (tertiary/aromatic N) is 8. The Hall–Kier alpha value is -5.50. The summed E-state index contributed by atoms with van der Waals surface area (Å²) in [6.07, 6.45) is 3.47. The van der Waals surface area contributed by atoms with Crippen molar-refractivity contribution in [2.24, 2.45) is 0 Å². The molecule has 178 valence electrons. The van der Waals surface area contributed by atoms with Crippen molar-refractivity contribution in [3.8, 4) is 45.6 Å². The molecule has 0 unspecified atom stereocenters. The molecule has 7 rings (SSSR count). The van der Waals surface area contributed by atoms with Crippen molar-refractivity contribution in [2.75, 3.05) is 0 Å². The lowest BCUT2D eigenvalue weighted by Crippen LogP contribution is -1.97.